The Bertz CT molecular complexity index is 1500. The van der Waals surface area contributed by atoms with Crippen LogP contribution in [0.2, 0.25) is 0 Å². The van der Waals surface area contributed by atoms with Gasteiger partial charge in [0.2, 0.25) is 5.96 Å². The van der Waals surface area contributed by atoms with Crippen LogP contribution in [0.1, 0.15) is 51.4 Å². The number of nitrogens with one attached hydrogen (secondary N) is 5. The van der Waals surface area contributed by atoms with E-state index < -0.39 is 0 Å². The molecule has 4 aromatic rings. The molecule has 252 valence electrons. The maximum absolute atomic E-state index is 12.0. The smallest absolute Gasteiger partial charge is 0.251 e. The average molecular weight is 643 g/mol. The first kappa shape index (κ1) is 38.2. The van der Waals surface area contributed by atoms with Crippen LogP contribution in [0.3, 0.4) is 0 Å². The molecule has 0 aliphatic heterocycles. The van der Waals surface area contributed by atoms with Gasteiger partial charge in [-0.25, -0.2) is 4.99 Å². The first-order valence-corrected chi connectivity index (χ1v) is 16.0. The van der Waals surface area contributed by atoms with Crippen molar-refractivity contribution in [2.24, 2.45) is 9.98 Å². The molecular formula is C36H50N8O3. The summed E-state index contributed by atoms with van der Waals surface area (Å²) in [4.78, 5) is 21.1. The van der Waals surface area contributed by atoms with E-state index in [1.807, 2.05) is 87.5 Å². The van der Waals surface area contributed by atoms with Crippen molar-refractivity contribution in [1.29, 1.82) is 0 Å². The maximum atomic E-state index is 12.0. The second-order valence-electron chi connectivity index (χ2n) is 9.83. The number of carbonyl (C=O) groups is 1. The number of aromatic nitrogens is 2. The lowest BCUT2D eigenvalue weighted by Gasteiger charge is -2.16. The number of hydrogen-bond donors (Lipinski definition) is 5. The normalized spacial score (nSPS) is 11.0. The van der Waals surface area contributed by atoms with E-state index >= 15 is 0 Å². The number of ether oxygens (including phenoxy) is 2. The van der Waals surface area contributed by atoms with E-state index in [1.165, 1.54) is 6.42 Å². The predicted molar refractivity (Wildman–Crippen MR) is 195 cm³/mol. The number of benzene rings is 3. The van der Waals surface area contributed by atoms with E-state index in [-0.39, 0.29) is 5.91 Å². The minimum atomic E-state index is -0.115. The van der Waals surface area contributed by atoms with E-state index in [0.717, 1.165) is 22.3 Å². The SMILES string of the molecule is C=C(NC(=NC(C)=NCCOCCOCCNC(=O)c1ccccc1)Nc1ccc2cn[nH]c2c1)Nc1ccccc1.CC.CCC. The Morgan fingerprint density at radius 2 is 1.53 bits per heavy atom. The van der Waals surface area contributed by atoms with Gasteiger partial charge in [0.1, 0.15) is 11.7 Å². The fourth-order valence-electron chi connectivity index (χ4n) is 3.83. The van der Waals surface area contributed by atoms with Crippen molar-refractivity contribution < 1.29 is 14.3 Å². The highest BCUT2D eigenvalue weighted by molar-refractivity contribution is 6.03. The summed E-state index contributed by atoms with van der Waals surface area (Å²) in [5.74, 6) is 1.45. The van der Waals surface area contributed by atoms with Gasteiger partial charge < -0.3 is 30.7 Å². The van der Waals surface area contributed by atoms with E-state index in [0.29, 0.717) is 62.7 Å². The topological polar surface area (TPSA) is 137 Å². The Hall–Kier alpha value is -5.00. The number of rotatable bonds is 14. The number of aromatic amines is 1. The molecule has 0 saturated carbocycles. The Kier molecular flexibility index (Phi) is 19.0. The van der Waals surface area contributed by atoms with Crippen LogP contribution in [0.5, 0.6) is 0 Å². The molecule has 0 spiro atoms. The zero-order valence-corrected chi connectivity index (χ0v) is 28.3. The largest absolute Gasteiger partial charge is 0.377 e. The second-order valence-corrected chi connectivity index (χ2v) is 9.83. The number of aliphatic imine (C=N–C) groups is 2. The Morgan fingerprint density at radius 3 is 2.23 bits per heavy atom. The van der Waals surface area contributed by atoms with Crippen LogP contribution >= 0.6 is 0 Å². The van der Waals surface area contributed by atoms with Crippen molar-refractivity contribution in [3.05, 3.63) is 103 Å². The number of carbonyl (C=O) groups excluding carboxylic acids is 1. The molecule has 0 atom stereocenters. The third-order valence-corrected chi connectivity index (χ3v) is 5.83. The second kappa shape index (κ2) is 23.4. The van der Waals surface area contributed by atoms with Crippen LogP contribution < -0.4 is 21.3 Å². The molecule has 0 bridgehead atoms. The molecule has 47 heavy (non-hydrogen) atoms. The standard InChI is InChI=1S/C31H36N8O3.C3H8.C2H6/c1-23(32-15-17-41-19-20-42-18-16-33-30(40)25-9-5-3-6-10-25)36-31(37-24(2)35-27-11-7-4-8-12-27)38-28-14-13-26-22-34-39-29(26)21-28;1-3-2;1-2/h3-14,21-22,35H,2,15-20H2,1H3,(H,33,40)(H,34,39)(H2,32,36,37,38);3H2,1-2H3;1-2H3. The first-order chi connectivity index (χ1) is 23.0. The molecule has 1 aromatic heterocycles. The third kappa shape index (κ3) is 15.7. The van der Waals surface area contributed by atoms with Crippen LogP contribution in [0, 0.1) is 0 Å². The highest BCUT2D eigenvalue weighted by atomic mass is 16.5. The number of anilines is 2. The summed E-state index contributed by atoms with van der Waals surface area (Å²) in [6, 6.07) is 24.7. The van der Waals surface area contributed by atoms with Crippen LogP contribution in [0.4, 0.5) is 11.4 Å². The Morgan fingerprint density at radius 1 is 0.872 bits per heavy atom. The molecule has 1 heterocycles. The molecule has 0 aliphatic rings. The number of H-pyrrole nitrogens is 1. The molecule has 0 fully saturated rings. The van der Waals surface area contributed by atoms with E-state index in [2.05, 4.69) is 61.9 Å². The minimum Gasteiger partial charge on any atom is -0.377 e. The van der Waals surface area contributed by atoms with Crippen molar-refractivity contribution in [3.8, 4) is 0 Å². The summed E-state index contributed by atoms with van der Waals surface area (Å²) in [5.41, 5.74) is 3.26. The number of guanidine groups is 1. The lowest BCUT2D eigenvalue weighted by molar-refractivity contribution is 0.0512. The number of amidine groups is 1. The molecular weight excluding hydrogens is 592 g/mol. The number of nitrogens with zero attached hydrogens (tertiary/aromatic N) is 3. The van der Waals surface area contributed by atoms with Gasteiger partial charge >= 0.3 is 0 Å². The quantitative estimate of drug-likeness (QED) is 0.0578. The maximum Gasteiger partial charge on any atom is 0.251 e. The lowest BCUT2D eigenvalue weighted by atomic mass is 10.2. The molecule has 4 rings (SSSR count). The van der Waals surface area contributed by atoms with Crippen molar-refractivity contribution in [2.45, 2.75) is 41.0 Å². The monoisotopic (exact) mass is 642 g/mol. The van der Waals surface area contributed by atoms with Crippen molar-refractivity contribution in [2.75, 3.05) is 50.2 Å². The van der Waals surface area contributed by atoms with Crippen molar-refractivity contribution >= 4 is 40.0 Å². The Labute approximate surface area is 279 Å². The van der Waals surface area contributed by atoms with Gasteiger partial charge in [-0.05, 0) is 49.4 Å². The summed E-state index contributed by atoms with van der Waals surface area (Å²) >= 11 is 0. The summed E-state index contributed by atoms with van der Waals surface area (Å²) in [5, 5.41) is 20.6. The third-order valence-electron chi connectivity index (χ3n) is 5.83. The van der Waals surface area contributed by atoms with Crippen LogP contribution in [0.25, 0.3) is 10.9 Å². The molecule has 3 aromatic carbocycles. The molecule has 0 radical (unpaired) electrons. The molecule has 0 saturated heterocycles. The van der Waals surface area contributed by atoms with Gasteiger partial charge in [0.25, 0.3) is 5.91 Å². The van der Waals surface area contributed by atoms with Crippen LogP contribution in [0.15, 0.2) is 107 Å². The van der Waals surface area contributed by atoms with Crippen LogP contribution in [-0.2, 0) is 9.47 Å². The number of amides is 1. The zero-order valence-electron chi connectivity index (χ0n) is 28.3. The average Bonchev–Trinajstić information content (AvgIpc) is 3.55. The van der Waals surface area contributed by atoms with Gasteiger partial charge in [-0.1, -0.05) is 77.1 Å². The molecule has 11 nitrogen and oxygen atoms in total. The fourth-order valence-corrected chi connectivity index (χ4v) is 3.83. The van der Waals surface area contributed by atoms with Crippen molar-refractivity contribution in [1.82, 2.24) is 20.8 Å². The van der Waals surface area contributed by atoms with Crippen LogP contribution in [-0.4, -0.2) is 67.4 Å². The van der Waals surface area contributed by atoms with Gasteiger partial charge in [-0.2, -0.15) is 5.10 Å². The zero-order chi connectivity index (χ0) is 34.1. The molecule has 0 unspecified atom stereocenters. The fraction of sp³-hybridized carbons (Fsp3) is 0.333. The highest BCUT2D eigenvalue weighted by Gasteiger charge is 2.06. The van der Waals surface area contributed by atoms with Gasteiger partial charge in [-0.15, -0.1) is 0 Å². The van der Waals surface area contributed by atoms with E-state index in [9.17, 15) is 4.79 Å². The molecule has 1 amide bonds. The summed E-state index contributed by atoms with van der Waals surface area (Å²) in [6.07, 6.45) is 3.02. The molecule has 5 N–H and O–H groups in total. The van der Waals surface area contributed by atoms with Gasteiger partial charge in [0.05, 0.1) is 44.7 Å². The highest BCUT2D eigenvalue weighted by Crippen LogP contribution is 2.16. The summed E-state index contributed by atoms with van der Waals surface area (Å²) in [7, 11) is 0. The number of para-hydroxylation sites is 1. The van der Waals surface area contributed by atoms with E-state index in [1.54, 1.807) is 18.3 Å². The molecule has 11 heteroatoms. The lowest BCUT2D eigenvalue weighted by Crippen LogP contribution is -2.33. The van der Waals surface area contributed by atoms with Crippen molar-refractivity contribution in [3.63, 3.8) is 0 Å². The van der Waals surface area contributed by atoms with Gasteiger partial charge in [0, 0.05) is 28.9 Å². The Balaban J connectivity index is 0.00000145. The number of hydrogen-bond acceptors (Lipinski definition) is 6. The summed E-state index contributed by atoms with van der Waals surface area (Å²) < 4.78 is 11.1. The molecule has 0 aliphatic carbocycles. The predicted octanol–water partition coefficient (Wildman–Crippen LogP) is 6.83. The van der Waals surface area contributed by atoms with E-state index in [4.69, 9.17) is 9.47 Å². The first-order valence-electron chi connectivity index (χ1n) is 16.0. The van der Waals surface area contributed by atoms with Gasteiger partial charge in [-0.3, -0.25) is 14.9 Å². The van der Waals surface area contributed by atoms with Gasteiger partial charge in [0.15, 0.2) is 0 Å². The summed E-state index contributed by atoms with van der Waals surface area (Å²) in [6.45, 7) is 16.7. The minimum absolute atomic E-state index is 0.115. The number of fused-ring (bicyclic) bond motifs is 1.